The smallest absolute Gasteiger partial charge is 0.0364 e. The molecule has 0 aliphatic rings. The van der Waals surface area contributed by atoms with Crippen LogP contribution in [-0.4, -0.2) is 26.2 Å². The van der Waals surface area contributed by atoms with Crippen molar-refractivity contribution in [3.63, 3.8) is 0 Å². The molecule has 0 saturated carbocycles. The number of hydrogen-bond acceptors (Lipinski definition) is 2. The molecular weight excluding hydrogens is 184 g/mol. The number of nitrogens with one attached hydrogen (secondary N) is 1. The molecule has 0 amide bonds. The molecule has 2 nitrogen and oxygen atoms in total. The number of anilines is 1. The zero-order valence-corrected chi connectivity index (χ0v) is 10.0. The molecule has 0 spiro atoms. The lowest BCUT2D eigenvalue weighted by atomic mass is 10.2. The van der Waals surface area contributed by atoms with Crippen molar-refractivity contribution in [2.24, 2.45) is 0 Å². The first-order valence-electron chi connectivity index (χ1n) is 5.73. The van der Waals surface area contributed by atoms with Gasteiger partial charge in [0.05, 0.1) is 0 Å². The molecule has 1 N–H and O–H groups in total. The largest absolute Gasteiger partial charge is 0.373 e. The maximum atomic E-state index is 3.49. The number of likely N-dealkylation sites (N-methyl/N-ethyl adjacent to an activating group) is 1. The second kappa shape index (κ2) is 6.46. The SMILES string of the molecule is CCC(C)NCCN(C)c1ccccc1. The van der Waals surface area contributed by atoms with Gasteiger partial charge >= 0.3 is 0 Å². The fraction of sp³-hybridized carbons (Fsp3) is 0.538. The predicted octanol–water partition coefficient (Wildman–Crippen LogP) is 2.51. The third-order valence-corrected chi connectivity index (χ3v) is 2.75. The lowest BCUT2D eigenvalue weighted by Gasteiger charge is -2.20. The van der Waals surface area contributed by atoms with Crippen LogP contribution >= 0.6 is 0 Å². The van der Waals surface area contributed by atoms with Crippen LogP contribution in [0, 0.1) is 0 Å². The first-order chi connectivity index (χ1) is 7.24. The van der Waals surface area contributed by atoms with Crippen LogP contribution < -0.4 is 10.2 Å². The average molecular weight is 206 g/mol. The summed E-state index contributed by atoms with van der Waals surface area (Å²) in [5, 5.41) is 3.49. The third kappa shape index (κ3) is 4.34. The molecular formula is C13H22N2. The number of hydrogen-bond donors (Lipinski definition) is 1. The monoisotopic (exact) mass is 206 g/mol. The number of benzene rings is 1. The summed E-state index contributed by atoms with van der Waals surface area (Å²) in [5.74, 6) is 0. The quantitative estimate of drug-likeness (QED) is 0.769. The minimum atomic E-state index is 0.620. The highest BCUT2D eigenvalue weighted by Crippen LogP contribution is 2.09. The van der Waals surface area contributed by atoms with E-state index in [2.05, 4.69) is 61.4 Å². The standard InChI is InChI=1S/C13H22N2/c1-4-12(2)14-10-11-15(3)13-8-6-5-7-9-13/h5-9,12,14H,4,10-11H2,1-3H3. The number of rotatable bonds is 6. The molecule has 0 saturated heterocycles. The molecule has 1 aromatic rings. The number of nitrogens with zero attached hydrogens (tertiary/aromatic N) is 1. The Bertz CT molecular complexity index is 258. The Hall–Kier alpha value is -1.02. The summed E-state index contributed by atoms with van der Waals surface area (Å²) in [5.41, 5.74) is 1.28. The maximum Gasteiger partial charge on any atom is 0.0364 e. The summed E-state index contributed by atoms with van der Waals surface area (Å²) in [4.78, 5) is 2.27. The predicted molar refractivity (Wildman–Crippen MR) is 67.5 cm³/mol. The number of para-hydroxylation sites is 1. The first kappa shape index (κ1) is 12.1. The molecule has 1 rings (SSSR count). The van der Waals surface area contributed by atoms with Gasteiger partial charge in [0.1, 0.15) is 0 Å². The molecule has 0 aromatic heterocycles. The van der Waals surface area contributed by atoms with Gasteiger partial charge in [-0.2, -0.15) is 0 Å². The van der Waals surface area contributed by atoms with Crippen molar-refractivity contribution >= 4 is 5.69 Å². The Morgan fingerprint density at radius 3 is 2.53 bits per heavy atom. The maximum absolute atomic E-state index is 3.49. The van der Waals surface area contributed by atoms with E-state index in [0.717, 1.165) is 13.1 Å². The van der Waals surface area contributed by atoms with Crippen molar-refractivity contribution in [3.05, 3.63) is 30.3 Å². The minimum Gasteiger partial charge on any atom is -0.373 e. The molecule has 0 fully saturated rings. The zero-order valence-electron chi connectivity index (χ0n) is 10.0. The van der Waals surface area contributed by atoms with Crippen molar-refractivity contribution in [2.45, 2.75) is 26.3 Å². The summed E-state index contributed by atoms with van der Waals surface area (Å²) >= 11 is 0. The van der Waals surface area contributed by atoms with Crippen LogP contribution in [0.3, 0.4) is 0 Å². The van der Waals surface area contributed by atoms with E-state index in [-0.39, 0.29) is 0 Å². The molecule has 0 aliphatic heterocycles. The summed E-state index contributed by atoms with van der Waals surface area (Å²) in [7, 11) is 2.13. The van der Waals surface area contributed by atoms with E-state index in [4.69, 9.17) is 0 Å². The minimum absolute atomic E-state index is 0.620. The highest BCUT2D eigenvalue weighted by Gasteiger charge is 2.00. The first-order valence-corrected chi connectivity index (χ1v) is 5.73. The molecule has 15 heavy (non-hydrogen) atoms. The van der Waals surface area contributed by atoms with Crippen LogP contribution in [0.5, 0.6) is 0 Å². The van der Waals surface area contributed by atoms with Crippen LogP contribution in [0.25, 0.3) is 0 Å². The van der Waals surface area contributed by atoms with Gasteiger partial charge in [-0.15, -0.1) is 0 Å². The van der Waals surface area contributed by atoms with E-state index < -0.39 is 0 Å². The Labute approximate surface area is 93.3 Å². The summed E-state index contributed by atoms with van der Waals surface area (Å²) in [6.07, 6.45) is 1.19. The van der Waals surface area contributed by atoms with E-state index in [1.54, 1.807) is 0 Å². The second-order valence-electron chi connectivity index (χ2n) is 4.02. The highest BCUT2D eigenvalue weighted by molar-refractivity contribution is 5.44. The molecule has 0 radical (unpaired) electrons. The van der Waals surface area contributed by atoms with Crippen molar-refractivity contribution in [3.8, 4) is 0 Å². The summed E-state index contributed by atoms with van der Waals surface area (Å²) in [6.45, 7) is 6.52. The van der Waals surface area contributed by atoms with Crippen molar-refractivity contribution < 1.29 is 0 Å². The van der Waals surface area contributed by atoms with Gasteiger partial charge < -0.3 is 10.2 Å². The van der Waals surface area contributed by atoms with Crippen LogP contribution in [-0.2, 0) is 0 Å². The molecule has 0 heterocycles. The lowest BCUT2D eigenvalue weighted by Crippen LogP contribution is -2.33. The molecule has 0 aliphatic carbocycles. The second-order valence-corrected chi connectivity index (χ2v) is 4.02. The molecule has 1 unspecified atom stereocenters. The van der Waals surface area contributed by atoms with Crippen LogP contribution in [0.1, 0.15) is 20.3 Å². The van der Waals surface area contributed by atoms with Crippen molar-refractivity contribution in [2.75, 3.05) is 25.0 Å². The summed E-state index contributed by atoms with van der Waals surface area (Å²) < 4.78 is 0. The van der Waals surface area contributed by atoms with Gasteiger partial charge in [0.15, 0.2) is 0 Å². The van der Waals surface area contributed by atoms with E-state index in [0.29, 0.717) is 6.04 Å². The lowest BCUT2D eigenvalue weighted by molar-refractivity contribution is 0.538. The van der Waals surface area contributed by atoms with Crippen molar-refractivity contribution in [1.29, 1.82) is 0 Å². The van der Waals surface area contributed by atoms with E-state index in [1.165, 1.54) is 12.1 Å². The topological polar surface area (TPSA) is 15.3 Å². The van der Waals surface area contributed by atoms with E-state index in [1.807, 2.05) is 0 Å². The van der Waals surface area contributed by atoms with Gasteiger partial charge in [0, 0.05) is 31.9 Å². The van der Waals surface area contributed by atoms with Crippen LogP contribution in [0.2, 0.25) is 0 Å². The normalized spacial score (nSPS) is 12.5. The fourth-order valence-electron chi connectivity index (χ4n) is 1.43. The van der Waals surface area contributed by atoms with Crippen molar-refractivity contribution in [1.82, 2.24) is 5.32 Å². The van der Waals surface area contributed by atoms with Gasteiger partial charge in [-0.05, 0) is 25.5 Å². The third-order valence-electron chi connectivity index (χ3n) is 2.75. The van der Waals surface area contributed by atoms with E-state index in [9.17, 15) is 0 Å². The van der Waals surface area contributed by atoms with E-state index >= 15 is 0 Å². The van der Waals surface area contributed by atoms with Gasteiger partial charge in [-0.3, -0.25) is 0 Å². The molecule has 1 atom stereocenters. The fourth-order valence-corrected chi connectivity index (χ4v) is 1.43. The van der Waals surface area contributed by atoms with Crippen LogP contribution in [0.15, 0.2) is 30.3 Å². The Morgan fingerprint density at radius 1 is 1.27 bits per heavy atom. The van der Waals surface area contributed by atoms with Crippen LogP contribution in [0.4, 0.5) is 5.69 Å². The molecule has 2 heteroatoms. The average Bonchev–Trinajstić information content (AvgIpc) is 2.29. The zero-order chi connectivity index (χ0) is 11.1. The Balaban J connectivity index is 2.28. The highest BCUT2D eigenvalue weighted by atomic mass is 15.1. The molecule has 0 bridgehead atoms. The van der Waals surface area contributed by atoms with Gasteiger partial charge in [0.25, 0.3) is 0 Å². The molecule has 1 aromatic carbocycles. The van der Waals surface area contributed by atoms with Gasteiger partial charge in [-0.1, -0.05) is 25.1 Å². The van der Waals surface area contributed by atoms with Gasteiger partial charge in [0.2, 0.25) is 0 Å². The molecule has 84 valence electrons. The Morgan fingerprint density at radius 2 is 1.93 bits per heavy atom. The Kier molecular flexibility index (Phi) is 5.19. The van der Waals surface area contributed by atoms with Gasteiger partial charge in [-0.25, -0.2) is 0 Å². The summed E-state index contributed by atoms with van der Waals surface area (Å²) in [6, 6.07) is 11.1.